The van der Waals surface area contributed by atoms with Gasteiger partial charge in [-0.3, -0.25) is 9.36 Å². The van der Waals surface area contributed by atoms with Gasteiger partial charge in [0.2, 0.25) is 0 Å². The van der Waals surface area contributed by atoms with Crippen LogP contribution in [0.5, 0.6) is 0 Å². The zero-order valence-corrected chi connectivity index (χ0v) is 19.6. The van der Waals surface area contributed by atoms with E-state index in [-0.39, 0.29) is 21.3 Å². The summed E-state index contributed by atoms with van der Waals surface area (Å²) in [4.78, 5) is 24.9. The van der Waals surface area contributed by atoms with E-state index in [0.29, 0.717) is 11.1 Å². The lowest BCUT2D eigenvalue weighted by Crippen LogP contribution is -2.23. The molecule has 0 fully saturated rings. The minimum atomic E-state index is -3.57. The standard InChI is InChI=1S/C23H20ClN3O5S/c1-14-15(2)27(16-7-5-4-6-8-16)22(19(14)12-25)26-21(28)13-32-23(29)18-11-17(33(3,30)31)9-10-20(18)24/h4-11H,13H2,1-3H3,(H,26,28). The number of halogens is 1. The normalized spacial score (nSPS) is 11.0. The van der Waals surface area contributed by atoms with E-state index in [9.17, 15) is 23.3 Å². The number of esters is 1. The van der Waals surface area contributed by atoms with Crippen LogP contribution in [0.4, 0.5) is 5.82 Å². The van der Waals surface area contributed by atoms with Gasteiger partial charge in [-0.1, -0.05) is 29.8 Å². The molecule has 1 N–H and O–H groups in total. The van der Waals surface area contributed by atoms with Gasteiger partial charge in [0.25, 0.3) is 5.91 Å². The van der Waals surface area contributed by atoms with Crippen LogP contribution < -0.4 is 5.32 Å². The Kier molecular flexibility index (Phi) is 6.91. The fourth-order valence-electron chi connectivity index (χ4n) is 3.23. The first-order valence-electron chi connectivity index (χ1n) is 9.68. The number of sulfone groups is 1. The second kappa shape index (κ2) is 9.48. The van der Waals surface area contributed by atoms with Crippen LogP contribution in [0, 0.1) is 25.2 Å². The molecule has 10 heteroatoms. The maximum atomic E-state index is 12.6. The topological polar surface area (TPSA) is 118 Å². The van der Waals surface area contributed by atoms with Crippen molar-refractivity contribution in [3.05, 3.63) is 75.9 Å². The van der Waals surface area contributed by atoms with Crippen LogP contribution in [0.15, 0.2) is 53.4 Å². The molecule has 0 unspecified atom stereocenters. The third-order valence-electron chi connectivity index (χ3n) is 5.02. The largest absolute Gasteiger partial charge is 0.452 e. The third kappa shape index (κ3) is 5.08. The molecule has 0 radical (unpaired) electrons. The highest BCUT2D eigenvalue weighted by molar-refractivity contribution is 7.90. The van der Waals surface area contributed by atoms with E-state index in [2.05, 4.69) is 11.4 Å². The number of nitrogens with one attached hydrogen (secondary N) is 1. The van der Waals surface area contributed by atoms with Crippen molar-refractivity contribution < 1.29 is 22.7 Å². The molecule has 0 aliphatic carbocycles. The first kappa shape index (κ1) is 24.0. The summed E-state index contributed by atoms with van der Waals surface area (Å²) >= 11 is 6.00. The summed E-state index contributed by atoms with van der Waals surface area (Å²) in [6.07, 6.45) is 0.997. The van der Waals surface area contributed by atoms with Gasteiger partial charge in [0.05, 0.1) is 21.0 Å². The Morgan fingerprint density at radius 1 is 1.15 bits per heavy atom. The summed E-state index contributed by atoms with van der Waals surface area (Å²) in [7, 11) is -3.57. The number of hydrogen-bond acceptors (Lipinski definition) is 6. The number of aromatic nitrogens is 1. The van der Waals surface area contributed by atoms with Crippen LogP contribution in [-0.2, 0) is 19.4 Å². The number of para-hydroxylation sites is 1. The maximum absolute atomic E-state index is 12.6. The Hall–Kier alpha value is -3.61. The minimum absolute atomic E-state index is 0.0104. The van der Waals surface area contributed by atoms with Crippen LogP contribution in [0.1, 0.15) is 27.2 Å². The van der Waals surface area contributed by atoms with Crippen molar-refractivity contribution in [2.75, 3.05) is 18.2 Å². The van der Waals surface area contributed by atoms with E-state index in [1.807, 2.05) is 37.3 Å². The van der Waals surface area contributed by atoms with Gasteiger partial charge in [-0.05, 0) is 49.7 Å². The molecule has 8 nitrogen and oxygen atoms in total. The number of ether oxygens (including phenoxy) is 1. The molecule has 0 saturated carbocycles. The van der Waals surface area contributed by atoms with Crippen molar-refractivity contribution in [1.82, 2.24) is 4.57 Å². The van der Waals surface area contributed by atoms with Crippen molar-refractivity contribution in [1.29, 1.82) is 5.26 Å². The Morgan fingerprint density at radius 3 is 2.42 bits per heavy atom. The van der Waals surface area contributed by atoms with Gasteiger partial charge in [0.15, 0.2) is 16.4 Å². The van der Waals surface area contributed by atoms with Gasteiger partial charge in [0.1, 0.15) is 11.9 Å². The average molecular weight is 486 g/mol. The van der Waals surface area contributed by atoms with Crippen molar-refractivity contribution in [3.63, 3.8) is 0 Å². The van der Waals surface area contributed by atoms with E-state index in [1.54, 1.807) is 11.5 Å². The smallest absolute Gasteiger partial charge is 0.340 e. The lowest BCUT2D eigenvalue weighted by Gasteiger charge is -2.13. The van der Waals surface area contributed by atoms with Gasteiger partial charge >= 0.3 is 5.97 Å². The van der Waals surface area contributed by atoms with E-state index >= 15 is 0 Å². The highest BCUT2D eigenvalue weighted by Gasteiger charge is 2.22. The number of rotatable bonds is 6. The summed E-state index contributed by atoms with van der Waals surface area (Å²) in [5.41, 5.74) is 2.34. The Bertz CT molecular complexity index is 1390. The number of anilines is 1. The minimum Gasteiger partial charge on any atom is -0.452 e. The SMILES string of the molecule is Cc1c(C#N)c(NC(=O)COC(=O)c2cc(S(C)(=O)=O)ccc2Cl)n(-c2ccccc2)c1C. The monoisotopic (exact) mass is 485 g/mol. The number of benzene rings is 2. The molecular formula is C23H20ClN3O5S. The van der Waals surface area contributed by atoms with Crippen LogP contribution in [0.2, 0.25) is 5.02 Å². The average Bonchev–Trinajstić information content (AvgIpc) is 3.01. The lowest BCUT2D eigenvalue weighted by molar-refractivity contribution is -0.119. The third-order valence-corrected chi connectivity index (χ3v) is 6.46. The molecule has 3 aromatic rings. The Balaban J connectivity index is 1.82. The summed E-state index contributed by atoms with van der Waals surface area (Å²) in [5.74, 6) is -1.37. The van der Waals surface area contributed by atoms with Gasteiger partial charge in [-0.15, -0.1) is 0 Å². The molecule has 1 amide bonds. The van der Waals surface area contributed by atoms with Crippen LogP contribution >= 0.6 is 11.6 Å². The summed E-state index contributed by atoms with van der Waals surface area (Å²) in [6.45, 7) is 2.94. The fraction of sp³-hybridized carbons (Fsp3) is 0.174. The molecule has 0 bridgehead atoms. The van der Waals surface area contributed by atoms with Crippen molar-refractivity contribution >= 4 is 39.1 Å². The van der Waals surface area contributed by atoms with E-state index in [0.717, 1.165) is 23.7 Å². The number of nitrogens with zero attached hydrogens (tertiary/aromatic N) is 2. The number of nitriles is 1. The van der Waals surface area contributed by atoms with Gasteiger partial charge in [-0.2, -0.15) is 5.26 Å². The maximum Gasteiger partial charge on any atom is 0.340 e. The molecule has 0 atom stereocenters. The zero-order valence-electron chi connectivity index (χ0n) is 18.0. The summed E-state index contributed by atoms with van der Waals surface area (Å²) in [6, 6.07) is 14.9. The summed E-state index contributed by atoms with van der Waals surface area (Å²) < 4.78 is 30.3. The molecule has 0 spiro atoms. The number of carbonyl (C=O) groups is 2. The van der Waals surface area contributed by atoms with E-state index in [4.69, 9.17) is 16.3 Å². The van der Waals surface area contributed by atoms with Gasteiger partial charge < -0.3 is 10.1 Å². The quantitative estimate of drug-likeness (QED) is 0.530. The second-order valence-electron chi connectivity index (χ2n) is 7.25. The van der Waals surface area contributed by atoms with E-state index in [1.165, 1.54) is 12.1 Å². The van der Waals surface area contributed by atoms with Gasteiger partial charge in [-0.25, -0.2) is 13.2 Å². The van der Waals surface area contributed by atoms with Crippen molar-refractivity contribution in [3.8, 4) is 11.8 Å². The first-order valence-corrected chi connectivity index (χ1v) is 12.0. The fourth-order valence-corrected chi connectivity index (χ4v) is 4.07. The van der Waals surface area contributed by atoms with Crippen LogP contribution in [-0.4, -0.2) is 37.7 Å². The van der Waals surface area contributed by atoms with Gasteiger partial charge in [0, 0.05) is 17.6 Å². The molecular weight excluding hydrogens is 466 g/mol. The highest BCUT2D eigenvalue weighted by atomic mass is 35.5. The summed E-state index contributed by atoms with van der Waals surface area (Å²) in [5, 5.41) is 12.3. The lowest BCUT2D eigenvalue weighted by atomic mass is 10.2. The van der Waals surface area contributed by atoms with Crippen LogP contribution in [0.25, 0.3) is 5.69 Å². The molecule has 1 aromatic heterocycles. The Labute approximate surface area is 196 Å². The first-order chi connectivity index (χ1) is 15.5. The molecule has 0 aliphatic rings. The molecule has 1 heterocycles. The molecule has 2 aromatic carbocycles. The number of amides is 1. The number of hydrogen-bond donors (Lipinski definition) is 1. The van der Waals surface area contributed by atoms with Crippen molar-refractivity contribution in [2.45, 2.75) is 18.7 Å². The predicted molar refractivity (Wildman–Crippen MR) is 123 cm³/mol. The molecule has 0 saturated heterocycles. The second-order valence-corrected chi connectivity index (χ2v) is 9.68. The van der Waals surface area contributed by atoms with Crippen LogP contribution in [0.3, 0.4) is 0 Å². The predicted octanol–water partition coefficient (Wildman–Crippen LogP) is 3.82. The molecule has 0 aliphatic heterocycles. The molecule has 3 rings (SSSR count). The highest BCUT2D eigenvalue weighted by Crippen LogP contribution is 2.30. The van der Waals surface area contributed by atoms with Crippen molar-refractivity contribution in [2.24, 2.45) is 0 Å². The van der Waals surface area contributed by atoms with E-state index < -0.39 is 28.3 Å². The zero-order chi connectivity index (χ0) is 24.3. The molecule has 170 valence electrons. The number of carbonyl (C=O) groups excluding carboxylic acids is 2. The Morgan fingerprint density at radius 2 is 1.82 bits per heavy atom. The molecule has 33 heavy (non-hydrogen) atoms.